The van der Waals surface area contributed by atoms with Crippen molar-refractivity contribution in [3.05, 3.63) is 0 Å². The largest absolute Gasteiger partial charge is 0.480 e. The molecule has 0 spiro atoms. The highest BCUT2D eigenvalue weighted by Crippen LogP contribution is 2.28. The van der Waals surface area contributed by atoms with Crippen molar-refractivity contribution < 1.29 is 19.4 Å². The fraction of sp³-hybridized carbons (Fsp3) is 0.857. The quantitative estimate of drug-likeness (QED) is 0.786. The van der Waals surface area contributed by atoms with Crippen molar-refractivity contribution in [1.82, 2.24) is 15.1 Å². The van der Waals surface area contributed by atoms with E-state index in [1.807, 2.05) is 7.05 Å². The highest BCUT2D eigenvalue weighted by atomic mass is 16.5. The van der Waals surface area contributed by atoms with E-state index in [0.717, 1.165) is 25.9 Å². The summed E-state index contributed by atoms with van der Waals surface area (Å²) in [6.45, 7) is 4.85. The highest BCUT2D eigenvalue weighted by molar-refractivity contribution is 5.86. The fourth-order valence-corrected chi connectivity index (χ4v) is 2.96. The van der Waals surface area contributed by atoms with Gasteiger partial charge in [-0.25, -0.2) is 9.59 Å². The maximum Gasteiger partial charge on any atom is 0.329 e. The van der Waals surface area contributed by atoms with Crippen LogP contribution in [0.5, 0.6) is 0 Å². The van der Waals surface area contributed by atoms with Crippen LogP contribution in [0.25, 0.3) is 0 Å². The Hall–Kier alpha value is -1.34. The van der Waals surface area contributed by atoms with Gasteiger partial charge in [-0.05, 0) is 33.2 Å². The maximum absolute atomic E-state index is 12.3. The van der Waals surface area contributed by atoms with Crippen LogP contribution in [0.1, 0.15) is 26.2 Å². The first-order chi connectivity index (χ1) is 9.93. The molecule has 0 bridgehead atoms. The monoisotopic (exact) mass is 299 g/mol. The molecule has 7 nitrogen and oxygen atoms in total. The summed E-state index contributed by atoms with van der Waals surface area (Å²) < 4.78 is 5.59. The molecule has 0 aromatic rings. The van der Waals surface area contributed by atoms with Gasteiger partial charge >= 0.3 is 12.0 Å². The average molecular weight is 299 g/mol. The van der Waals surface area contributed by atoms with Crippen molar-refractivity contribution >= 4 is 12.0 Å². The number of amides is 2. The smallest absolute Gasteiger partial charge is 0.329 e. The molecule has 0 aliphatic carbocycles. The van der Waals surface area contributed by atoms with Gasteiger partial charge < -0.3 is 25.0 Å². The molecule has 0 radical (unpaired) electrons. The minimum atomic E-state index is -1.10. The van der Waals surface area contributed by atoms with E-state index < -0.39 is 11.5 Å². The van der Waals surface area contributed by atoms with Crippen LogP contribution in [-0.2, 0) is 9.53 Å². The Morgan fingerprint density at radius 3 is 2.81 bits per heavy atom. The lowest BCUT2D eigenvalue weighted by Crippen LogP contribution is -2.60. The second-order valence-corrected chi connectivity index (χ2v) is 6.13. The Balaban J connectivity index is 1.90. The van der Waals surface area contributed by atoms with Crippen LogP contribution in [0, 0.1) is 0 Å². The number of hydrogen-bond donors (Lipinski definition) is 2. The van der Waals surface area contributed by atoms with Gasteiger partial charge in [0.25, 0.3) is 0 Å². The van der Waals surface area contributed by atoms with Crippen LogP contribution < -0.4 is 5.32 Å². The second-order valence-electron chi connectivity index (χ2n) is 6.13. The van der Waals surface area contributed by atoms with Gasteiger partial charge in [0.05, 0.1) is 12.7 Å². The number of nitrogens with one attached hydrogen (secondary N) is 1. The summed E-state index contributed by atoms with van der Waals surface area (Å²) in [5.74, 6) is -0.939. The Morgan fingerprint density at radius 2 is 2.14 bits per heavy atom. The van der Waals surface area contributed by atoms with Gasteiger partial charge in [-0.2, -0.15) is 0 Å². The number of ether oxygens (including phenoxy) is 1. The number of piperidine rings is 1. The van der Waals surface area contributed by atoms with E-state index in [4.69, 9.17) is 4.74 Å². The molecule has 2 heterocycles. The Bertz CT molecular complexity index is 404. The number of aliphatic carboxylic acids is 1. The Labute approximate surface area is 125 Å². The molecule has 2 fully saturated rings. The van der Waals surface area contributed by atoms with Gasteiger partial charge in [-0.3, -0.25) is 0 Å². The minimum absolute atomic E-state index is 0.0337. The molecule has 120 valence electrons. The third-order valence-corrected chi connectivity index (χ3v) is 4.42. The first kappa shape index (κ1) is 16.0. The van der Waals surface area contributed by atoms with Gasteiger partial charge in [0.2, 0.25) is 0 Å². The Morgan fingerprint density at radius 1 is 1.38 bits per heavy atom. The first-order valence-electron chi connectivity index (χ1n) is 7.52. The number of likely N-dealkylation sites (N-methyl/N-ethyl adjacent to an activating group) is 1. The molecule has 21 heavy (non-hydrogen) atoms. The molecule has 2 unspecified atom stereocenters. The molecule has 2 amide bonds. The average Bonchev–Trinajstić information content (AvgIpc) is 2.45. The van der Waals surface area contributed by atoms with E-state index in [1.165, 1.54) is 4.90 Å². The third-order valence-electron chi connectivity index (χ3n) is 4.42. The van der Waals surface area contributed by atoms with Crippen LogP contribution in [0.2, 0.25) is 0 Å². The standard InChI is InChI=1S/C14H25N3O4/c1-14(12(18)19)5-3-4-6-17(14)13(20)15-9-11-10-16(2)7-8-21-11/h11H,3-10H2,1-2H3,(H,15,20)(H,18,19). The van der Waals surface area contributed by atoms with Crippen LogP contribution >= 0.6 is 0 Å². The molecular formula is C14H25N3O4. The number of morpholine rings is 1. The number of urea groups is 1. The van der Waals surface area contributed by atoms with Crippen molar-refractivity contribution in [3.8, 4) is 0 Å². The van der Waals surface area contributed by atoms with Crippen molar-refractivity contribution in [1.29, 1.82) is 0 Å². The molecular weight excluding hydrogens is 274 g/mol. The molecule has 7 heteroatoms. The molecule has 2 saturated heterocycles. The van der Waals surface area contributed by atoms with Crippen molar-refractivity contribution in [2.45, 2.75) is 37.8 Å². The maximum atomic E-state index is 12.3. The van der Waals surface area contributed by atoms with E-state index in [0.29, 0.717) is 26.1 Å². The number of carboxylic acid groups (broad SMARTS) is 1. The molecule has 2 N–H and O–H groups in total. The van der Waals surface area contributed by atoms with Crippen molar-refractivity contribution in [2.24, 2.45) is 0 Å². The van der Waals surface area contributed by atoms with E-state index >= 15 is 0 Å². The molecule has 0 saturated carbocycles. The van der Waals surface area contributed by atoms with E-state index in [-0.39, 0.29) is 12.1 Å². The summed E-state index contributed by atoms with van der Waals surface area (Å²) in [6, 6.07) is -0.309. The topological polar surface area (TPSA) is 82.1 Å². The zero-order valence-corrected chi connectivity index (χ0v) is 12.8. The zero-order valence-electron chi connectivity index (χ0n) is 12.8. The van der Waals surface area contributed by atoms with E-state index in [1.54, 1.807) is 6.92 Å². The van der Waals surface area contributed by atoms with Crippen molar-refractivity contribution in [2.75, 3.05) is 39.8 Å². The summed E-state index contributed by atoms with van der Waals surface area (Å²) in [4.78, 5) is 27.4. The molecule has 0 aromatic heterocycles. The second kappa shape index (κ2) is 6.62. The van der Waals surface area contributed by atoms with E-state index in [9.17, 15) is 14.7 Å². The minimum Gasteiger partial charge on any atom is -0.480 e. The third kappa shape index (κ3) is 3.65. The zero-order chi connectivity index (χ0) is 15.5. The molecule has 2 aliphatic heterocycles. The van der Waals surface area contributed by atoms with Gasteiger partial charge in [-0.15, -0.1) is 0 Å². The van der Waals surface area contributed by atoms with Crippen LogP contribution in [0.4, 0.5) is 4.79 Å². The number of likely N-dealkylation sites (tertiary alicyclic amines) is 1. The lowest BCUT2D eigenvalue weighted by atomic mass is 9.89. The summed E-state index contributed by atoms with van der Waals surface area (Å²) in [5.41, 5.74) is -1.10. The lowest BCUT2D eigenvalue weighted by Gasteiger charge is -2.41. The predicted molar refractivity (Wildman–Crippen MR) is 77.2 cm³/mol. The highest BCUT2D eigenvalue weighted by Gasteiger charge is 2.44. The van der Waals surface area contributed by atoms with Gasteiger partial charge in [0.15, 0.2) is 0 Å². The number of carbonyl (C=O) groups excluding carboxylic acids is 1. The number of carbonyl (C=O) groups is 2. The summed E-state index contributed by atoms with van der Waals surface area (Å²) in [7, 11) is 2.02. The Kier molecular flexibility index (Phi) is 5.05. The van der Waals surface area contributed by atoms with Crippen LogP contribution in [-0.4, -0.2) is 78.4 Å². The summed E-state index contributed by atoms with van der Waals surface area (Å²) in [5, 5.41) is 12.2. The predicted octanol–water partition coefficient (Wildman–Crippen LogP) is 0.356. The number of hydrogen-bond acceptors (Lipinski definition) is 4. The molecule has 2 atom stereocenters. The SMILES string of the molecule is CN1CCOC(CNC(=O)N2CCCCC2(C)C(=O)O)C1. The van der Waals surface area contributed by atoms with Gasteiger partial charge in [-0.1, -0.05) is 0 Å². The van der Waals surface area contributed by atoms with E-state index in [2.05, 4.69) is 10.2 Å². The van der Waals surface area contributed by atoms with Crippen LogP contribution in [0.3, 0.4) is 0 Å². The normalized spacial score (nSPS) is 31.0. The molecule has 2 aliphatic rings. The summed E-state index contributed by atoms with van der Waals surface area (Å²) >= 11 is 0. The van der Waals surface area contributed by atoms with Crippen LogP contribution in [0.15, 0.2) is 0 Å². The molecule has 2 rings (SSSR count). The number of nitrogens with zero attached hydrogens (tertiary/aromatic N) is 2. The van der Waals surface area contributed by atoms with Gasteiger partial charge in [0.1, 0.15) is 5.54 Å². The number of carboxylic acids is 1. The summed E-state index contributed by atoms with van der Waals surface area (Å²) in [6.07, 6.45) is 2.15. The lowest BCUT2D eigenvalue weighted by molar-refractivity contribution is -0.150. The first-order valence-corrected chi connectivity index (χ1v) is 7.52. The number of rotatable bonds is 3. The molecule has 0 aromatic carbocycles. The fourth-order valence-electron chi connectivity index (χ4n) is 2.96. The van der Waals surface area contributed by atoms with Crippen molar-refractivity contribution in [3.63, 3.8) is 0 Å². The van der Waals surface area contributed by atoms with Gasteiger partial charge in [0, 0.05) is 26.2 Å².